The molecule has 0 saturated heterocycles. The summed E-state index contributed by atoms with van der Waals surface area (Å²) in [6, 6.07) is 3.18. The third-order valence-electron chi connectivity index (χ3n) is 6.22. The zero-order valence-corrected chi connectivity index (χ0v) is 18.3. The Kier molecular flexibility index (Phi) is 5.65. The molecule has 1 fully saturated rings. The van der Waals surface area contributed by atoms with E-state index in [1.54, 1.807) is 12.2 Å². The van der Waals surface area contributed by atoms with Crippen LogP contribution in [-0.4, -0.2) is 28.8 Å². The van der Waals surface area contributed by atoms with Crippen molar-refractivity contribution in [3.05, 3.63) is 57.2 Å². The highest BCUT2D eigenvalue weighted by Gasteiger charge is 2.30. The van der Waals surface area contributed by atoms with Gasteiger partial charge in [-0.2, -0.15) is 10.2 Å². The minimum absolute atomic E-state index is 0.100. The number of aromatic nitrogens is 1. The zero-order chi connectivity index (χ0) is 23.1. The van der Waals surface area contributed by atoms with Gasteiger partial charge in [-0.15, -0.1) is 0 Å². The van der Waals surface area contributed by atoms with E-state index in [1.807, 2.05) is 0 Å². The number of amides is 1. The van der Waals surface area contributed by atoms with Gasteiger partial charge in [0.2, 0.25) is 0 Å². The van der Waals surface area contributed by atoms with E-state index in [0.29, 0.717) is 28.9 Å². The van der Waals surface area contributed by atoms with Crippen LogP contribution in [0.2, 0.25) is 0 Å². The van der Waals surface area contributed by atoms with Gasteiger partial charge in [-0.05, 0) is 37.8 Å². The van der Waals surface area contributed by atoms with Gasteiger partial charge in [-0.25, -0.2) is 13.6 Å². The number of nitrogens with one attached hydrogen (secondary N) is 1. The van der Waals surface area contributed by atoms with Crippen molar-refractivity contribution in [1.82, 2.24) is 4.98 Å². The molecule has 1 amide bonds. The number of rotatable bonds is 3. The Balaban J connectivity index is 1.42. The molecule has 0 unspecified atom stereocenters. The number of allylic oxidation sites excluding steroid dienone is 1. The second-order valence-corrected chi connectivity index (χ2v) is 8.79. The number of H-pyrrole nitrogens is 1. The van der Waals surface area contributed by atoms with Gasteiger partial charge in [0.15, 0.2) is 0 Å². The summed E-state index contributed by atoms with van der Waals surface area (Å²) in [4.78, 5) is 16.5. The second-order valence-electron chi connectivity index (χ2n) is 8.35. The maximum atomic E-state index is 13.4. The molecular formula is C23H21ClF2N4O3. The lowest BCUT2D eigenvalue weighted by Gasteiger charge is -2.29. The smallest absolute Gasteiger partial charge is 0.412 e. The fourth-order valence-electron chi connectivity index (χ4n) is 4.74. The summed E-state index contributed by atoms with van der Waals surface area (Å²) in [6.07, 6.45) is 5.06. The highest BCUT2D eigenvalue weighted by Crippen LogP contribution is 2.35. The average Bonchev–Trinajstić information content (AvgIpc) is 3.02. The van der Waals surface area contributed by atoms with Gasteiger partial charge >= 0.3 is 6.09 Å². The normalized spacial score (nSPS) is 22.1. The molecule has 0 bridgehead atoms. The molecule has 2 N–H and O–H groups in total. The Bertz CT molecular complexity index is 1280. The van der Waals surface area contributed by atoms with Crippen LogP contribution >= 0.6 is 11.6 Å². The third-order valence-corrected chi connectivity index (χ3v) is 6.48. The van der Waals surface area contributed by atoms with Crippen molar-refractivity contribution in [3.8, 4) is 5.75 Å². The Hall–Kier alpha value is -3.20. The number of aromatic amines is 1. The maximum Gasteiger partial charge on any atom is 0.412 e. The summed E-state index contributed by atoms with van der Waals surface area (Å²) in [6.45, 7) is 0.432. The highest BCUT2D eigenvalue weighted by molar-refractivity contribution is 6.34. The molecule has 10 heteroatoms. The molecule has 1 aliphatic carbocycles. The molecule has 0 atom stereocenters. The predicted molar refractivity (Wildman–Crippen MR) is 119 cm³/mol. The second kappa shape index (κ2) is 8.62. The first-order valence-corrected chi connectivity index (χ1v) is 11.1. The molecule has 3 heterocycles. The van der Waals surface area contributed by atoms with E-state index in [9.17, 15) is 18.7 Å². The van der Waals surface area contributed by atoms with E-state index < -0.39 is 17.7 Å². The number of hydrogen-bond acceptors (Lipinski definition) is 4. The number of halogens is 3. The fraction of sp³-hybridized carbons (Fsp3) is 0.348. The Morgan fingerprint density at radius 2 is 1.91 bits per heavy atom. The molecule has 1 aromatic carbocycles. The molecule has 2 aliphatic heterocycles. The van der Waals surface area contributed by atoms with E-state index in [2.05, 4.69) is 15.2 Å². The summed E-state index contributed by atoms with van der Waals surface area (Å²) in [5.41, 5.74) is 2.14. The van der Waals surface area contributed by atoms with E-state index in [0.717, 1.165) is 35.5 Å². The lowest BCUT2D eigenvalue weighted by atomic mass is 9.84. The van der Waals surface area contributed by atoms with E-state index in [4.69, 9.17) is 16.3 Å². The molecule has 0 radical (unpaired) electrons. The molecule has 0 spiro atoms. The van der Waals surface area contributed by atoms with E-state index >= 15 is 0 Å². The average molecular weight is 475 g/mol. The number of ether oxygens (including phenoxy) is 1. The number of carboxylic acid groups (broad SMARTS) is 1. The number of hydrogen-bond donors (Lipinski definition) is 2. The molecule has 5 rings (SSSR count). The number of azo groups is 1. The van der Waals surface area contributed by atoms with Crippen LogP contribution in [0.5, 0.6) is 5.75 Å². The summed E-state index contributed by atoms with van der Waals surface area (Å²) in [5.74, 6) is -1.05. The van der Waals surface area contributed by atoms with Gasteiger partial charge in [0.1, 0.15) is 17.4 Å². The standard InChI is InChI=1S/C23H21ClF2N4O3/c24-13-5-6-30(23(31)32)22-18-11-27-29-20(21(18)28-19(22)7-13)12-1-3-16(4-2-12)33-17-9-14(25)8-15(26)10-17/h5,7-10,12,16,28H,1-4,6,11H2,(H,31,32)/t12-,16-. The van der Waals surface area contributed by atoms with E-state index in [1.165, 1.54) is 17.0 Å². The van der Waals surface area contributed by atoms with Crippen molar-refractivity contribution < 1.29 is 23.4 Å². The predicted octanol–water partition coefficient (Wildman–Crippen LogP) is 4.41. The van der Waals surface area contributed by atoms with Crippen molar-refractivity contribution in [2.24, 2.45) is 16.1 Å². The van der Waals surface area contributed by atoms with Crippen LogP contribution in [0.25, 0.3) is 11.8 Å². The summed E-state index contributed by atoms with van der Waals surface area (Å²) >= 11 is 6.22. The Morgan fingerprint density at radius 1 is 1.18 bits per heavy atom. The topological polar surface area (TPSA) is 90.3 Å². The van der Waals surface area contributed by atoms with Crippen LogP contribution in [0.15, 0.2) is 39.5 Å². The monoisotopic (exact) mass is 474 g/mol. The molecule has 3 aliphatic rings. The largest absolute Gasteiger partial charge is 0.490 e. The van der Waals surface area contributed by atoms with Crippen molar-refractivity contribution in [3.63, 3.8) is 0 Å². The highest BCUT2D eigenvalue weighted by atomic mass is 35.5. The van der Waals surface area contributed by atoms with Gasteiger partial charge in [-0.3, -0.25) is 4.90 Å². The zero-order valence-electron chi connectivity index (χ0n) is 17.5. The van der Waals surface area contributed by atoms with Gasteiger partial charge in [-0.1, -0.05) is 11.6 Å². The number of nitrogens with zero attached hydrogens (tertiary/aromatic N) is 3. The van der Waals surface area contributed by atoms with Crippen molar-refractivity contribution in [2.75, 3.05) is 11.4 Å². The van der Waals surface area contributed by atoms with Gasteiger partial charge in [0.05, 0.1) is 34.7 Å². The lowest BCUT2D eigenvalue weighted by molar-refractivity contribution is 0.141. The number of anilines is 1. The van der Waals surface area contributed by atoms with Crippen LogP contribution in [0.4, 0.5) is 19.3 Å². The Morgan fingerprint density at radius 3 is 2.61 bits per heavy atom. The molecule has 1 saturated carbocycles. The first-order valence-electron chi connectivity index (χ1n) is 10.7. The minimum atomic E-state index is -1.07. The van der Waals surface area contributed by atoms with Crippen LogP contribution in [0.1, 0.15) is 31.2 Å². The third kappa shape index (κ3) is 4.25. The summed E-state index contributed by atoms with van der Waals surface area (Å²) < 4.78 is 32.7. The molecule has 33 heavy (non-hydrogen) atoms. The van der Waals surface area contributed by atoms with Crippen LogP contribution in [0.3, 0.4) is 0 Å². The quantitative estimate of drug-likeness (QED) is 0.690. The number of benzene rings is 1. The number of fused-ring (bicyclic) bond motifs is 3. The molecule has 1 aromatic heterocycles. The molecule has 172 valence electrons. The van der Waals surface area contributed by atoms with Gasteiger partial charge in [0, 0.05) is 41.3 Å². The fourth-order valence-corrected chi connectivity index (χ4v) is 4.92. The van der Waals surface area contributed by atoms with Crippen molar-refractivity contribution in [1.29, 1.82) is 0 Å². The Labute approximate surface area is 192 Å². The van der Waals surface area contributed by atoms with Crippen LogP contribution in [-0.2, 0) is 6.54 Å². The van der Waals surface area contributed by atoms with Crippen LogP contribution in [0, 0.1) is 17.6 Å². The first kappa shape index (κ1) is 21.6. The minimum Gasteiger partial charge on any atom is -0.490 e. The summed E-state index contributed by atoms with van der Waals surface area (Å²) in [5, 5.41) is 20.3. The van der Waals surface area contributed by atoms with Gasteiger partial charge < -0.3 is 14.8 Å². The van der Waals surface area contributed by atoms with Crippen molar-refractivity contribution in [2.45, 2.75) is 38.3 Å². The van der Waals surface area contributed by atoms with E-state index in [-0.39, 0.29) is 30.9 Å². The number of carbonyl (C=O) groups is 1. The maximum absolute atomic E-state index is 13.4. The SMILES string of the molecule is O=C(O)N1CC=C(Cl)C=c2[nH]c3c(c21)CN=NC=3[C@H]1CC[C@H](Oc2cc(F)cc(F)c2)CC1. The van der Waals surface area contributed by atoms with Crippen molar-refractivity contribution >= 4 is 35.2 Å². The lowest BCUT2D eigenvalue weighted by Crippen LogP contribution is -2.33. The van der Waals surface area contributed by atoms with Crippen LogP contribution < -0.4 is 20.3 Å². The molecular weight excluding hydrogens is 454 g/mol. The molecule has 2 aromatic rings. The van der Waals surface area contributed by atoms with Gasteiger partial charge in [0.25, 0.3) is 0 Å². The molecule has 7 nitrogen and oxygen atoms in total. The summed E-state index contributed by atoms with van der Waals surface area (Å²) in [7, 11) is 0. The first-order chi connectivity index (χ1) is 15.9.